The number of carbonyl (C=O) groups excluding carboxylic acids is 1. The van der Waals surface area contributed by atoms with Crippen molar-refractivity contribution in [3.63, 3.8) is 0 Å². The molecule has 1 aromatic rings. The first-order chi connectivity index (χ1) is 8.75. The highest BCUT2D eigenvalue weighted by molar-refractivity contribution is 5.94. The van der Waals surface area contributed by atoms with Crippen LogP contribution in [0.2, 0.25) is 0 Å². The third-order valence-corrected chi connectivity index (χ3v) is 3.97. The normalized spacial score (nSPS) is 27.1. The average molecular weight is 248 g/mol. The zero-order chi connectivity index (χ0) is 12.5. The maximum Gasteiger partial charge on any atom is 0.254 e. The summed E-state index contributed by atoms with van der Waals surface area (Å²) in [7, 11) is 0. The molecular formula is C14H17FN2O. The minimum absolute atomic E-state index is 0.0344. The molecule has 0 aromatic heterocycles. The topological polar surface area (TPSA) is 32.3 Å². The SMILES string of the molecule is O=C(c1cccc(F)c1)N1CCNC2CCCC21. The third-order valence-electron chi connectivity index (χ3n) is 3.97. The summed E-state index contributed by atoms with van der Waals surface area (Å²) in [5, 5.41) is 3.46. The Labute approximate surface area is 106 Å². The maximum atomic E-state index is 13.2. The fourth-order valence-corrected chi connectivity index (χ4v) is 3.13. The number of halogens is 1. The van der Waals surface area contributed by atoms with Crippen molar-refractivity contribution in [2.45, 2.75) is 31.3 Å². The molecule has 2 fully saturated rings. The van der Waals surface area contributed by atoms with Gasteiger partial charge in [-0.25, -0.2) is 4.39 Å². The molecule has 3 rings (SSSR count). The highest BCUT2D eigenvalue weighted by Crippen LogP contribution is 2.27. The van der Waals surface area contributed by atoms with Crippen LogP contribution in [0.15, 0.2) is 24.3 Å². The molecule has 1 amide bonds. The molecule has 2 atom stereocenters. The molecule has 0 radical (unpaired) electrons. The van der Waals surface area contributed by atoms with E-state index < -0.39 is 0 Å². The Balaban J connectivity index is 1.83. The Morgan fingerprint density at radius 2 is 2.28 bits per heavy atom. The summed E-state index contributed by atoms with van der Waals surface area (Å²) in [6.07, 6.45) is 3.35. The molecule has 2 aliphatic rings. The molecule has 1 saturated heterocycles. The van der Waals surface area contributed by atoms with E-state index in [-0.39, 0.29) is 17.8 Å². The van der Waals surface area contributed by atoms with Crippen LogP contribution in [0.5, 0.6) is 0 Å². The molecule has 1 aliphatic heterocycles. The zero-order valence-corrected chi connectivity index (χ0v) is 10.2. The van der Waals surface area contributed by atoms with Crippen molar-refractivity contribution in [2.75, 3.05) is 13.1 Å². The first-order valence-electron chi connectivity index (χ1n) is 6.55. The minimum atomic E-state index is -0.348. The number of piperazine rings is 1. The van der Waals surface area contributed by atoms with Gasteiger partial charge in [0.1, 0.15) is 5.82 Å². The predicted octanol–water partition coefficient (Wildman–Crippen LogP) is 1.79. The van der Waals surface area contributed by atoms with Crippen molar-refractivity contribution in [3.05, 3.63) is 35.6 Å². The van der Waals surface area contributed by atoms with E-state index in [2.05, 4.69) is 5.32 Å². The lowest BCUT2D eigenvalue weighted by Crippen LogP contribution is -2.57. The van der Waals surface area contributed by atoms with Crippen LogP contribution in [0.25, 0.3) is 0 Å². The first kappa shape index (κ1) is 11.7. The van der Waals surface area contributed by atoms with Gasteiger partial charge in [-0.2, -0.15) is 0 Å². The van der Waals surface area contributed by atoms with Gasteiger partial charge in [0, 0.05) is 30.7 Å². The number of carbonyl (C=O) groups is 1. The molecule has 1 N–H and O–H groups in total. The second-order valence-electron chi connectivity index (χ2n) is 5.07. The Hall–Kier alpha value is -1.42. The summed E-state index contributed by atoms with van der Waals surface area (Å²) in [5.74, 6) is -0.383. The number of nitrogens with one attached hydrogen (secondary N) is 1. The number of fused-ring (bicyclic) bond motifs is 1. The van der Waals surface area contributed by atoms with Crippen LogP contribution >= 0.6 is 0 Å². The Morgan fingerprint density at radius 1 is 1.39 bits per heavy atom. The molecule has 1 heterocycles. The highest BCUT2D eigenvalue weighted by atomic mass is 19.1. The summed E-state index contributed by atoms with van der Waals surface area (Å²) in [5.41, 5.74) is 0.461. The fraction of sp³-hybridized carbons (Fsp3) is 0.500. The van der Waals surface area contributed by atoms with Crippen LogP contribution < -0.4 is 5.32 Å². The van der Waals surface area contributed by atoms with Crippen molar-refractivity contribution in [2.24, 2.45) is 0 Å². The minimum Gasteiger partial charge on any atom is -0.333 e. The summed E-state index contributed by atoms with van der Waals surface area (Å²) >= 11 is 0. The third kappa shape index (κ3) is 2.01. The van der Waals surface area contributed by atoms with Gasteiger partial charge in [0.15, 0.2) is 0 Å². The van der Waals surface area contributed by atoms with E-state index in [1.807, 2.05) is 4.90 Å². The van der Waals surface area contributed by atoms with Gasteiger partial charge in [0.25, 0.3) is 5.91 Å². The number of hydrogen-bond donors (Lipinski definition) is 1. The van der Waals surface area contributed by atoms with Crippen molar-refractivity contribution in [3.8, 4) is 0 Å². The molecular weight excluding hydrogens is 231 g/mol. The lowest BCUT2D eigenvalue weighted by atomic mass is 10.1. The summed E-state index contributed by atoms with van der Waals surface area (Å²) in [6.45, 7) is 1.55. The van der Waals surface area contributed by atoms with Crippen molar-refractivity contribution < 1.29 is 9.18 Å². The molecule has 0 bridgehead atoms. The molecule has 1 aliphatic carbocycles. The quantitative estimate of drug-likeness (QED) is 0.822. The van der Waals surface area contributed by atoms with Crippen LogP contribution in [0, 0.1) is 5.82 Å². The van der Waals surface area contributed by atoms with E-state index >= 15 is 0 Å². The van der Waals surface area contributed by atoms with Crippen LogP contribution in [-0.2, 0) is 0 Å². The van der Waals surface area contributed by atoms with Gasteiger partial charge < -0.3 is 10.2 Å². The lowest BCUT2D eigenvalue weighted by molar-refractivity contribution is 0.0598. The zero-order valence-electron chi connectivity index (χ0n) is 10.2. The van der Waals surface area contributed by atoms with Crippen molar-refractivity contribution >= 4 is 5.91 Å². The van der Waals surface area contributed by atoms with Gasteiger partial charge in [-0.05, 0) is 37.5 Å². The fourth-order valence-electron chi connectivity index (χ4n) is 3.13. The Kier molecular flexibility index (Phi) is 3.04. The molecule has 4 heteroatoms. The van der Waals surface area contributed by atoms with Crippen LogP contribution in [0.3, 0.4) is 0 Å². The predicted molar refractivity (Wildman–Crippen MR) is 66.9 cm³/mol. The molecule has 18 heavy (non-hydrogen) atoms. The summed E-state index contributed by atoms with van der Waals surface area (Å²) in [6, 6.07) is 6.70. The first-order valence-corrected chi connectivity index (χ1v) is 6.55. The lowest BCUT2D eigenvalue weighted by Gasteiger charge is -2.38. The number of benzene rings is 1. The van der Waals surface area contributed by atoms with E-state index in [1.54, 1.807) is 12.1 Å². The molecule has 1 saturated carbocycles. The smallest absolute Gasteiger partial charge is 0.254 e. The van der Waals surface area contributed by atoms with Gasteiger partial charge in [-0.1, -0.05) is 6.07 Å². The van der Waals surface area contributed by atoms with E-state index in [9.17, 15) is 9.18 Å². The van der Waals surface area contributed by atoms with Gasteiger partial charge in [-0.15, -0.1) is 0 Å². The van der Waals surface area contributed by atoms with Gasteiger partial charge in [0.05, 0.1) is 0 Å². The molecule has 1 aromatic carbocycles. The number of nitrogens with zero attached hydrogens (tertiary/aromatic N) is 1. The van der Waals surface area contributed by atoms with E-state index in [1.165, 1.54) is 12.1 Å². The average Bonchev–Trinajstić information content (AvgIpc) is 2.86. The van der Waals surface area contributed by atoms with Crippen LogP contribution in [-0.4, -0.2) is 36.0 Å². The molecule has 96 valence electrons. The second kappa shape index (κ2) is 4.69. The van der Waals surface area contributed by atoms with Gasteiger partial charge >= 0.3 is 0 Å². The van der Waals surface area contributed by atoms with Crippen LogP contribution in [0.1, 0.15) is 29.6 Å². The highest BCUT2D eigenvalue weighted by Gasteiger charge is 2.37. The Bertz CT molecular complexity index is 463. The molecule has 3 nitrogen and oxygen atoms in total. The van der Waals surface area contributed by atoms with Gasteiger partial charge in [-0.3, -0.25) is 4.79 Å². The number of amides is 1. The molecule has 2 unspecified atom stereocenters. The van der Waals surface area contributed by atoms with Crippen molar-refractivity contribution in [1.29, 1.82) is 0 Å². The van der Waals surface area contributed by atoms with E-state index in [0.717, 1.165) is 32.4 Å². The van der Waals surface area contributed by atoms with Gasteiger partial charge in [0.2, 0.25) is 0 Å². The van der Waals surface area contributed by atoms with Crippen LogP contribution in [0.4, 0.5) is 4.39 Å². The van der Waals surface area contributed by atoms with E-state index in [0.29, 0.717) is 11.6 Å². The summed E-state index contributed by atoms with van der Waals surface area (Å²) in [4.78, 5) is 14.3. The second-order valence-corrected chi connectivity index (χ2v) is 5.07. The number of rotatable bonds is 1. The maximum absolute atomic E-state index is 13.2. The number of hydrogen-bond acceptors (Lipinski definition) is 2. The molecule has 0 spiro atoms. The standard InChI is InChI=1S/C14H17FN2O/c15-11-4-1-3-10(9-11)14(18)17-8-7-16-12-5-2-6-13(12)17/h1,3-4,9,12-13,16H,2,5-8H2. The van der Waals surface area contributed by atoms with Crippen molar-refractivity contribution in [1.82, 2.24) is 10.2 Å². The summed E-state index contributed by atoms with van der Waals surface area (Å²) < 4.78 is 13.2. The Morgan fingerprint density at radius 3 is 3.11 bits per heavy atom. The van der Waals surface area contributed by atoms with E-state index in [4.69, 9.17) is 0 Å². The largest absolute Gasteiger partial charge is 0.333 e. The monoisotopic (exact) mass is 248 g/mol.